The van der Waals surface area contributed by atoms with Crippen LogP contribution in [0.4, 0.5) is 0 Å². The van der Waals surface area contributed by atoms with Gasteiger partial charge >= 0.3 is 0 Å². The lowest BCUT2D eigenvalue weighted by atomic mass is 10.1. The lowest BCUT2D eigenvalue weighted by Crippen LogP contribution is -2.44. The van der Waals surface area contributed by atoms with Crippen molar-refractivity contribution in [2.45, 2.75) is 37.2 Å². The maximum Gasteiger partial charge on any atom is 0.243 e. The molecule has 2 heterocycles. The Bertz CT molecular complexity index is 1070. The molecule has 1 aromatic heterocycles. The SMILES string of the molecule is Cc1ccc(S(=O)(=O)N2CCC(NCc3nc4ccccc4n3C)CC2)cc1. The fraction of sp³-hybridized carbons (Fsp3) is 0.381. The molecule has 0 amide bonds. The van der Waals surface area contributed by atoms with Gasteiger partial charge in [0.25, 0.3) is 0 Å². The molecule has 28 heavy (non-hydrogen) atoms. The van der Waals surface area contributed by atoms with Crippen molar-refractivity contribution in [3.05, 3.63) is 59.9 Å². The van der Waals surface area contributed by atoms with Gasteiger partial charge < -0.3 is 9.88 Å². The molecule has 7 heteroatoms. The van der Waals surface area contributed by atoms with Gasteiger partial charge in [0.2, 0.25) is 10.0 Å². The van der Waals surface area contributed by atoms with E-state index in [1.807, 2.05) is 44.3 Å². The molecule has 1 N–H and O–H groups in total. The largest absolute Gasteiger partial charge is 0.330 e. The average Bonchev–Trinajstić information content (AvgIpc) is 3.03. The van der Waals surface area contributed by atoms with Crippen LogP contribution in [-0.4, -0.2) is 41.4 Å². The highest BCUT2D eigenvalue weighted by Gasteiger charge is 2.29. The maximum atomic E-state index is 12.8. The zero-order chi connectivity index (χ0) is 19.7. The van der Waals surface area contributed by atoms with Crippen LogP contribution in [0.3, 0.4) is 0 Å². The van der Waals surface area contributed by atoms with Crippen LogP contribution in [-0.2, 0) is 23.6 Å². The zero-order valence-corrected chi connectivity index (χ0v) is 17.1. The quantitative estimate of drug-likeness (QED) is 0.718. The Kier molecular flexibility index (Phi) is 5.23. The van der Waals surface area contributed by atoms with Gasteiger partial charge in [-0.15, -0.1) is 0 Å². The topological polar surface area (TPSA) is 67.2 Å². The van der Waals surface area contributed by atoms with E-state index in [0.717, 1.165) is 35.3 Å². The van der Waals surface area contributed by atoms with Crippen LogP contribution >= 0.6 is 0 Å². The van der Waals surface area contributed by atoms with Crippen LogP contribution in [0.15, 0.2) is 53.4 Å². The molecule has 0 aliphatic carbocycles. The number of aromatic nitrogens is 2. The molecule has 0 bridgehead atoms. The van der Waals surface area contributed by atoms with Gasteiger partial charge in [-0.1, -0.05) is 29.8 Å². The molecule has 0 atom stereocenters. The summed E-state index contributed by atoms with van der Waals surface area (Å²) >= 11 is 0. The van der Waals surface area contributed by atoms with Crippen LogP contribution in [0.5, 0.6) is 0 Å². The van der Waals surface area contributed by atoms with E-state index in [0.29, 0.717) is 30.6 Å². The first-order valence-electron chi connectivity index (χ1n) is 9.66. The summed E-state index contributed by atoms with van der Waals surface area (Å²) in [6.07, 6.45) is 1.60. The Balaban J connectivity index is 1.36. The number of imidazole rings is 1. The van der Waals surface area contributed by atoms with Crippen molar-refractivity contribution in [2.75, 3.05) is 13.1 Å². The van der Waals surface area contributed by atoms with Gasteiger partial charge in [-0.05, 0) is 44.0 Å². The number of para-hydroxylation sites is 2. The molecule has 1 saturated heterocycles. The van der Waals surface area contributed by atoms with Crippen molar-refractivity contribution in [2.24, 2.45) is 7.05 Å². The van der Waals surface area contributed by atoms with Crippen LogP contribution in [0.2, 0.25) is 0 Å². The van der Waals surface area contributed by atoms with Crippen LogP contribution in [0.25, 0.3) is 11.0 Å². The summed E-state index contributed by atoms with van der Waals surface area (Å²) < 4.78 is 29.4. The van der Waals surface area contributed by atoms with Gasteiger partial charge in [0.15, 0.2) is 0 Å². The predicted molar refractivity (Wildman–Crippen MR) is 111 cm³/mol. The predicted octanol–water partition coefficient (Wildman–Crippen LogP) is 2.82. The molecule has 0 radical (unpaired) electrons. The third-order valence-corrected chi connectivity index (χ3v) is 7.45. The van der Waals surface area contributed by atoms with Gasteiger partial charge in [-0.2, -0.15) is 4.31 Å². The number of hydrogen-bond acceptors (Lipinski definition) is 4. The molecule has 0 unspecified atom stereocenters. The van der Waals surface area contributed by atoms with E-state index in [9.17, 15) is 8.42 Å². The van der Waals surface area contributed by atoms with E-state index in [4.69, 9.17) is 4.98 Å². The number of nitrogens with one attached hydrogen (secondary N) is 1. The second-order valence-electron chi connectivity index (χ2n) is 7.45. The minimum absolute atomic E-state index is 0.296. The highest BCUT2D eigenvalue weighted by atomic mass is 32.2. The Labute approximate surface area is 166 Å². The van der Waals surface area contributed by atoms with Crippen LogP contribution < -0.4 is 5.32 Å². The third kappa shape index (κ3) is 3.70. The number of fused-ring (bicyclic) bond motifs is 1. The lowest BCUT2D eigenvalue weighted by Gasteiger charge is -2.31. The fourth-order valence-corrected chi connectivity index (χ4v) is 5.22. The average molecular weight is 399 g/mol. The number of hydrogen-bond donors (Lipinski definition) is 1. The first-order valence-corrected chi connectivity index (χ1v) is 11.1. The summed E-state index contributed by atoms with van der Waals surface area (Å²) in [5.74, 6) is 0.996. The van der Waals surface area contributed by atoms with Gasteiger partial charge in [0.05, 0.1) is 22.5 Å². The molecular weight excluding hydrogens is 372 g/mol. The monoisotopic (exact) mass is 398 g/mol. The Morgan fingerprint density at radius 1 is 1.07 bits per heavy atom. The fourth-order valence-electron chi connectivity index (χ4n) is 3.75. The van der Waals surface area contributed by atoms with E-state index in [1.54, 1.807) is 16.4 Å². The van der Waals surface area contributed by atoms with Gasteiger partial charge in [-0.3, -0.25) is 0 Å². The Morgan fingerprint density at radius 2 is 1.75 bits per heavy atom. The highest BCUT2D eigenvalue weighted by molar-refractivity contribution is 7.89. The Morgan fingerprint density at radius 3 is 2.43 bits per heavy atom. The van der Waals surface area contributed by atoms with Crippen molar-refractivity contribution in [1.29, 1.82) is 0 Å². The third-order valence-electron chi connectivity index (χ3n) is 5.54. The van der Waals surface area contributed by atoms with Gasteiger partial charge in [0, 0.05) is 26.2 Å². The number of aryl methyl sites for hydroxylation is 2. The lowest BCUT2D eigenvalue weighted by molar-refractivity contribution is 0.287. The number of piperidine rings is 1. The molecule has 1 aliphatic heterocycles. The van der Waals surface area contributed by atoms with E-state index < -0.39 is 10.0 Å². The van der Waals surface area contributed by atoms with E-state index in [1.165, 1.54) is 0 Å². The second-order valence-corrected chi connectivity index (χ2v) is 9.39. The molecule has 0 saturated carbocycles. The highest BCUT2D eigenvalue weighted by Crippen LogP contribution is 2.21. The molecule has 4 rings (SSSR count). The van der Waals surface area contributed by atoms with Crippen molar-refractivity contribution in [3.63, 3.8) is 0 Å². The normalized spacial score (nSPS) is 16.6. The summed E-state index contributed by atoms with van der Waals surface area (Å²) in [4.78, 5) is 5.07. The molecule has 6 nitrogen and oxygen atoms in total. The number of nitrogens with zero attached hydrogens (tertiary/aromatic N) is 3. The number of rotatable bonds is 5. The van der Waals surface area contributed by atoms with E-state index in [2.05, 4.69) is 16.0 Å². The van der Waals surface area contributed by atoms with E-state index in [-0.39, 0.29) is 0 Å². The molecule has 148 valence electrons. The summed E-state index contributed by atoms with van der Waals surface area (Å²) in [7, 11) is -1.37. The van der Waals surface area contributed by atoms with Gasteiger partial charge in [-0.25, -0.2) is 13.4 Å². The minimum atomic E-state index is -3.40. The molecule has 2 aromatic carbocycles. The first kappa shape index (κ1) is 19.1. The molecule has 1 aliphatic rings. The summed E-state index contributed by atoms with van der Waals surface area (Å²) in [5, 5.41) is 3.55. The molecule has 1 fully saturated rings. The van der Waals surface area contributed by atoms with Crippen molar-refractivity contribution < 1.29 is 8.42 Å². The molecule has 0 spiro atoms. The summed E-state index contributed by atoms with van der Waals surface area (Å²) in [6.45, 7) is 3.71. The first-order chi connectivity index (χ1) is 13.4. The van der Waals surface area contributed by atoms with Crippen LogP contribution in [0.1, 0.15) is 24.2 Å². The molecular formula is C21H26N4O2S. The Hall–Kier alpha value is -2.22. The number of benzene rings is 2. The van der Waals surface area contributed by atoms with Crippen molar-refractivity contribution >= 4 is 21.1 Å². The standard InChI is InChI=1S/C21H26N4O2S/c1-16-7-9-18(10-8-16)28(26,27)25-13-11-17(12-14-25)22-15-21-23-19-5-3-4-6-20(19)24(21)2/h3-10,17,22H,11-15H2,1-2H3. The summed E-state index contributed by atoms with van der Waals surface area (Å²) in [6, 6.07) is 15.5. The molecule has 3 aromatic rings. The summed E-state index contributed by atoms with van der Waals surface area (Å²) in [5.41, 5.74) is 3.18. The number of sulfonamides is 1. The van der Waals surface area contributed by atoms with Crippen molar-refractivity contribution in [3.8, 4) is 0 Å². The maximum absolute atomic E-state index is 12.8. The van der Waals surface area contributed by atoms with Crippen LogP contribution in [0, 0.1) is 6.92 Å². The second kappa shape index (κ2) is 7.66. The zero-order valence-electron chi connectivity index (χ0n) is 16.3. The smallest absolute Gasteiger partial charge is 0.243 e. The van der Waals surface area contributed by atoms with Gasteiger partial charge in [0.1, 0.15) is 5.82 Å². The minimum Gasteiger partial charge on any atom is -0.330 e. The van der Waals surface area contributed by atoms with E-state index >= 15 is 0 Å². The van der Waals surface area contributed by atoms with Crippen molar-refractivity contribution in [1.82, 2.24) is 19.2 Å².